The lowest BCUT2D eigenvalue weighted by atomic mass is 9.33. The van der Waals surface area contributed by atoms with Crippen LogP contribution in [0.1, 0.15) is 141 Å². The van der Waals surface area contributed by atoms with Crippen LogP contribution < -0.4 is 26.2 Å². The number of nitrogens with zero attached hydrogens (tertiary/aromatic N) is 2. The fourth-order valence-electron chi connectivity index (χ4n) is 12.8. The second-order valence-electron chi connectivity index (χ2n) is 24.9. The van der Waals surface area contributed by atoms with Crippen molar-refractivity contribution in [2.75, 3.05) is 9.80 Å². The Morgan fingerprint density at radius 3 is 1.81 bits per heavy atom. The molecule has 2 atom stereocenters. The van der Waals surface area contributed by atoms with E-state index in [1.165, 1.54) is 81.3 Å². The SMILES string of the molecule is Cc1cc(C)c2c(c1)N(c1ccc3c(c1)oc1ccccc13)c1cc(N(c3ccc(C(C)(C)C)cc3)c3ccc(C(C)(C)C)cc3)ccc1B2c1cc(C(C)(C)C)cc2c1CC1(C)CCCCC21C. The Labute approximate surface area is 413 Å². The molecule has 0 N–H and O–H groups in total. The molecule has 1 aromatic heterocycles. The second-order valence-corrected chi connectivity index (χ2v) is 24.9. The van der Waals surface area contributed by atoms with E-state index in [0.717, 1.165) is 51.1 Å². The highest BCUT2D eigenvalue weighted by atomic mass is 16.3. The van der Waals surface area contributed by atoms with E-state index in [2.05, 4.69) is 233 Å². The molecule has 2 heterocycles. The molecule has 7 aromatic carbocycles. The molecule has 11 rings (SSSR count). The normalized spacial score (nSPS) is 19.1. The average Bonchev–Trinajstić information content (AvgIpc) is 3.78. The first-order chi connectivity index (χ1) is 32.6. The minimum atomic E-state index is -0.0140. The van der Waals surface area contributed by atoms with Crippen LogP contribution in [0.2, 0.25) is 0 Å². The average molecular weight is 907 g/mol. The zero-order valence-corrected chi connectivity index (χ0v) is 43.6. The van der Waals surface area contributed by atoms with Crippen molar-refractivity contribution in [1.29, 1.82) is 0 Å². The third-order valence-corrected chi connectivity index (χ3v) is 17.1. The first kappa shape index (κ1) is 45.4. The number of fused-ring (bicyclic) bond motifs is 8. The molecule has 0 amide bonds. The number of hydrogen-bond acceptors (Lipinski definition) is 3. The fraction of sp³-hybridized carbons (Fsp3) is 0.354. The van der Waals surface area contributed by atoms with Gasteiger partial charge in [-0.2, -0.15) is 0 Å². The van der Waals surface area contributed by atoms with Crippen LogP contribution in [0.5, 0.6) is 0 Å². The van der Waals surface area contributed by atoms with Crippen molar-refractivity contribution in [3.63, 3.8) is 0 Å². The quantitative estimate of drug-likeness (QED) is 0.160. The molecule has 0 spiro atoms. The highest BCUT2D eigenvalue weighted by Crippen LogP contribution is 2.59. The van der Waals surface area contributed by atoms with Gasteiger partial charge in [-0.05, 0) is 165 Å². The Kier molecular flexibility index (Phi) is 10.4. The van der Waals surface area contributed by atoms with Gasteiger partial charge in [-0.25, -0.2) is 0 Å². The fourth-order valence-corrected chi connectivity index (χ4v) is 12.8. The van der Waals surface area contributed by atoms with Gasteiger partial charge >= 0.3 is 0 Å². The van der Waals surface area contributed by atoms with Crippen molar-refractivity contribution < 1.29 is 4.42 Å². The Bertz CT molecular complexity index is 3260. The number of aryl methyl sites for hydroxylation is 2. The van der Waals surface area contributed by atoms with Gasteiger partial charge in [0.05, 0.1) is 0 Å². The topological polar surface area (TPSA) is 19.6 Å². The lowest BCUT2D eigenvalue weighted by Crippen LogP contribution is -2.59. The van der Waals surface area contributed by atoms with Gasteiger partial charge in [0, 0.05) is 51.0 Å². The van der Waals surface area contributed by atoms with Crippen LogP contribution in [0.4, 0.5) is 34.1 Å². The molecule has 69 heavy (non-hydrogen) atoms. The Hall–Kier alpha value is -6.00. The summed E-state index contributed by atoms with van der Waals surface area (Å²) in [5, 5.41) is 2.29. The van der Waals surface area contributed by atoms with Crippen LogP contribution in [0.15, 0.2) is 138 Å². The molecule has 3 aliphatic rings. The molecule has 1 fully saturated rings. The standard InChI is InChI=1S/C65H71BN2O/c1-41-34-42(2)60-57(35-41)68(49-28-30-51-50-18-14-15-19-58(50)69-59(51)39-49)56-38-48(67(46-24-20-43(21-25-46)61(3,4)5)47-26-22-44(23-27-47)62(6,7)8)29-31-54(56)66(60)55-37-45(63(9,10)11)36-53-52(55)40-64(12)32-16-17-33-65(53,64)13/h14-15,18-31,34-39H,16-17,32-33,40H2,1-13H3. The number of para-hydroxylation sites is 1. The van der Waals surface area contributed by atoms with Crippen molar-refractivity contribution in [3.05, 3.63) is 172 Å². The van der Waals surface area contributed by atoms with E-state index in [1.807, 2.05) is 0 Å². The van der Waals surface area contributed by atoms with Gasteiger partial charge in [0.1, 0.15) is 11.2 Å². The molecule has 4 heteroatoms. The van der Waals surface area contributed by atoms with Gasteiger partial charge in [0.25, 0.3) is 0 Å². The van der Waals surface area contributed by atoms with Gasteiger partial charge in [0.15, 0.2) is 0 Å². The predicted octanol–water partition coefficient (Wildman–Crippen LogP) is 16.3. The van der Waals surface area contributed by atoms with Crippen molar-refractivity contribution in [1.82, 2.24) is 0 Å². The number of anilines is 6. The van der Waals surface area contributed by atoms with Crippen LogP contribution in [0.25, 0.3) is 21.9 Å². The maximum atomic E-state index is 6.67. The van der Waals surface area contributed by atoms with Gasteiger partial charge in [0.2, 0.25) is 6.71 Å². The highest BCUT2D eigenvalue weighted by Gasteiger charge is 2.54. The zero-order valence-electron chi connectivity index (χ0n) is 43.6. The maximum Gasteiger partial charge on any atom is 0.247 e. The molecular formula is C65H71BN2O. The summed E-state index contributed by atoms with van der Waals surface area (Å²) in [5.74, 6) is 0. The molecule has 0 saturated heterocycles. The summed E-state index contributed by atoms with van der Waals surface area (Å²) in [4.78, 5) is 5.03. The summed E-state index contributed by atoms with van der Waals surface area (Å²) in [6, 6.07) is 51.4. The molecule has 2 unspecified atom stereocenters. The molecule has 3 nitrogen and oxygen atoms in total. The van der Waals surface area contributed by atoms with E-state index < -0.39 is 0 Å². The number of furan rings is 1. The molecule has 2 aliphatic carbocycles. The third kappa shape index (κ3) is 7.37. The van der Waals surface area contributed by atoms with Crippen molar-refractivity contribution in [2.45, 2.75) is 144 Å². The zero-order chi connectivity index (χ0) is 48.6. The first-order valence-corrected chi connectivity index (χ1v) is 25.8. The van der Waals surface area contributed by atoms with Crippen molar-refractivity contribution in [3.8, 4) is 0 Å². The van der Waals surface area contributed by atoms with E-state index in [-0.39, 0.29) is 33.8 Å². The van der Waals surface area contributed by atoms with Gasteiger partial charge in [-0.3, -0.25) is 0 Å². The maximum absolute atomic E-state index is 6.67. The van der Waals surface area contributed by atoms with Crippen molar-refractivity contribution >= 4 is 79.2 Å². The summed E-state index contributed by atoms with van der Waals surface area (Å²) >= 11 is 0. The molecule has 0 radical (unpaired) electrons. The summed E-state index contributed by atoms with van der Waals surface area (Å²) in [7, 11) is 0. The molecule has 1 aliphatic heterocycles. The molecule has 1 saturated carbocycles. The summed E-state index contributed by atoms with van der Waals surface area (Å²) in [5.41, 5.74) is 23.3. The minimum Gasteiger partial charge on any atom is -0.456 e. The van der Waals surface area contributed by atoms with E-state index in [0.29, 0.717) is 0 Å². The highest BCUT2D eigenvalue weighted by molar-refractivity contribution is 6.98. The van der Waals surface area contributed by atoms with Crippen LogP contribution in [0.3, 0.4) is 0 Å². The third-order valence-electron chi connectivity index (χ3n) is 17.1. The number of rotatable bonds is 5. The second kappa shape index (κ2) is 15.8. The van der Waals surface area contributed by atoms with E-state index in [9.17, 15) is 0 Å². The Morgan fingerprint density at radius 1 is 0.551 bits per heavy atom. The lowest BCUT2D eigenvalue weighted by molar-refractivity contribution is 0.109. The van der Waals surface area contributed by atoms with E-state index >= 15 is 0 Å². The van der Waals surface area contributed by atoms with Gasteiger partial charge < -0.3 is 14.2 Å². The monoisotopic (exact) mass is 907 g/mol. The van der Waals surface area contributed by atoms with E-state index in [1.54, 1.807) is 11.1 Å². The smallest absolute Gasteiger partial charge is 0.247 e. The van der Waals surface area contributed by atoms with Crippen LogP contribution in [-0.2, 0) is 28.1 Å². The summed E-state index contributed by atoms with van der Waals surface area (Å²) < 4.78 is 6.67. The molecule has 0 bridgehead atoms. The predicted molar refractivity (Wildman–Crippen MR) is 297 cm³/mol. The van der Waals surface area contributed by atoms with Crippen LogP contribution in [0, 0.1) is 19.3 Å². The Morgan fingerprint density at radius 2 is 1.16 bits per heavy atom. The lowest BCUT2D eigenvalue weighted by Gasteiger charge is -2.46. The molecule has 8 aromatic rings. The van der Waals surface area contributed by atoms with Crippen LogP contribution >= 0.6 is 0 Å². The molecule has 350 valence electrons. The summed E-state index contributed by atoms with van der Waals surface area (Å²) in [6.45, 7) is 30.9. The number of benzene rings is 7. The molecular weight excluding hydrogens is 836 g/mol. The summed E-state index contributed by atoms with van der Waals surface area (Å²) in [6.07, 6.45) is 6.28. The van der Waals surface area contributed by atoms with Gasteiger partial charge in [-0.1, -0.05) is 167 Å². The van der Waals surface area contributed by atoms with E-state index in [4.69, 9.17) is 4.42 Å². The largest absolute Gasteiger partial charge is 0.456 e. The van der Waals surface area contributed by atoms with Gasteiger partial charge in [-0.15, -0.1) is 0 Å². The Balaban J connectivity index is 1.20. The van der Waals surface area contributed by atoms with Crippen LogP contribution in [-0.4, -0.2) is 6.71 Å². The van der Waals surface area contributed by atoms with Crippen molar-refractivity contribution in [2.24, 2.45) is 5.41 Å². The minimum absolute atomic E-state index is 0.0140. The number of hydrogen-bond donors (Lipinski definition) is 0. The first-order valence-electron chi connectivity index (χ1n) is 25.8.